The predicted molar refractivity (Wildman–Crippen MR) is 72.2 cm³/mol. The number of nitrogen functional groups attached to an aromatic ring is 1. The number of hydrogen-bond donors (Lipinski definition) is 1. The van der Waals surface area contributed by atoms with Crippen LogP contribution in [0.5, 0.6) is 0 Å². The Hall–Kier alpha value is -1.70. The van der Waals surface area contributed by atoms with Crippen molar-refractivity contribution in [2.24, 2.45) is 0 Å². The Morgan fingerprint density at radius 3 is 2.06 bits per heavy atom. The van der Waals surface area contributed by atoms with Gasteiger partial charge in [-0.05, 0) is 49.2 Å². The van der Waals surface area contributed by atoms with Crippen LogP contribution in [0, 0.1) is 13.8 Å². The van der Waals surface area contributed by atoms with Gasteiger partial charge in [0.05, 0.1) is 0 Å². The molecule has 2 aromatic carbocycles. The van der Waals surface area contributed by atoms with E-state index >= 15 is 0 Å². The van der Waals surface area contributed by atoms with Crippen LogP contribution in [0.4, 0.5) is 11.4 Å². The molecule has 0 saturated carbocycles. The Morgan fingerprint density at radius 2 is 1.50 bits per heavy atom. The molecule has 0 spiro atoms. The molecule has 0 heterocycles. The van der Waals surface area contributed by atoms with Crippen LogP contribution in [-0.4, -0.2) is 14.1 Å². The van der Waals surface area contributed by atoms with Gasteiger partial charge in [-0.15, -0.1) is 0 Å². The fourth-order valence-corrected chi connectivity index (χ4v) is 2.01. The zero-order valence-corrected chi connectivity index (χ0v) is 10.3. The van der Waals surface area contributed by atoms with Gasteiger partial charge in [0, 0.05) is 36.2 Å². The smallest absolute Gasteiger partial charge is 0.0442 e. The van der Waals surface area contributed by atoms with Gasteiger partial charge in [0.2, 0.25) is 0 Å². The first-order chi connectivity index (χ1) is 7.50. The van der Waals surface area contributed by atoms with Crippen LogP contribution in [0.25, 0.3) is 10.8 Å². The van der Waals surface area contributed by atoms with E-state index in [1.807, 2.05) is 6.07 Å². The van der Waals surface area contributed by atoms with Gasteiger partial charge in [-0.2, -0.15) is 0 Å². The Morgan fingerprint density at radius 1 is 0.938 bits per heavy atom. The number of benzene rings is 2. The van der Waals surface area contributed by atoms with E-state index in [1.165, 1.54) is 22.2 Å². The molecule has 0 radical (unpaired) electrons. The molecule has 0 aliphatic heterocycles. The number of hydrogen-bond acceptors (Lipinski definition) is 2. The second-order valence-electron chi connectivity index (χ2n) is 4.55. The van der Waals surface area contributed by atoms with Crippen LogP contribution in [-0.2, 0) is 0 Å². The zero-order valence-electron chi connectivity index (χ0n) is 10.3. The highest BCUT2D eigenvalue weighted by Crippen LogP contribution is 2.31. The number of nitrogens with two attached hydrogens (primary N) is 1. The summed E-state index contributed by atoms with van der Waals surface area (Å²) in [5.41, 5.74) is 10.7. The molecule has 0 fully saturated rings. The minimum atomic E-state index is 0.851. The van der Waals surface area contributed by atoms with E-state index in [0.29, 0.717) is 0 Å². The van der Waals surface area contributed by atoms with E-state index in [4.69, 9.17) is 5.73 Å². The van der Waals surface area contributed by atoms with Crippen LogP contribution in [0.2, 0.25) is 0 Å². The molecule has 0 saturated heterocycles. The molecule has 2 heteroatoms. The SMILES string of the molecule is Cc1cc2c(N)ccc(N(C)C)c2cc1C. The van der Waals surface area contributed by atoms with Crippen molar-refractivity contribution < 1.29 is 0 Å². The first-order valence-electron chi connectivity index (χ1n) is 5.47. The molecular weight excluding hydrogens is 196 g/mol. The lowest BCUT2D eigenvalue weighted by atomic mass is 10.00. The summed E-state index contributed by atoms with van der Waals surface area (Å²) in [6.07, 6.45) is 0. The van der Waals surface area contributed by atoms with Crippen molar-refractivity contribution in [1.29, 1.82) is 0 Å². The van der Waals surface area contributed by atoms with E-state index in [-0.39, 0.29) is 0 Å². The summed E-state index contributed by atoms with van der Waals surface area (Å²) in [6, 6.07) is 8.45. The quantitative estimate of drug-likeness (QED) is 0.739. The summed E-state index contributed by atoms with van der Waals surface area (Å²) in [4.78, 5) is 2.12. The second kappa shape index (κ2) is 3.71. The van der Waals surface area contributed by atoms with Crippen molar-refractivity contribution in [3.63, 3.8) is 0 Å². The van der Waals surface area contributed by atoms with Crippen LogP contribution < -0.4 is 10.6 Å². The minimum absolute atomic E-state index is 0.851. The highest BCUT2D eigenvalue weighted by molar-refractivity contribution is 6.02. The number of anilines is 2. The zero-order chi connectivity index (χ0) is 11.9. The third-order valence-electron chi connectivity index (χ3n) is 3.12. The summed E-state index contributed by atoms with van der Waals surface area (Å²) in [7, 11) is 4.11. The van der Waals surface area contributed by atoms with E-state index in [9.17, 15) is 0 Å². The maximum Gasteiger partial charge on any atom is 0.0442 e. The third kappa shape index (κ3) is 1.60. The average Bonchev–Trinajstić information content (AvgIpc) is 2.21. The summed E-state index contributed by atoms with van der Waals surface area (Å²) in [5.74, 6) is 0. The fourth-order valence-electron chi connectivity index (χ4n) is 2.01. The molecule has 2 rings (SSSR count). The standard InChI is InChI=1S/C14H18N2/c1-9-7-11-12(8-10(9)2)14(16(3)4)6-5-13(11)15/h5-8H,15H2,1-4H3. The maximum atomic E-state index is 6.03. The molecule has 84 valence electrons. The van der Waals surface area contributed by atoms with Gasteiger partial charge in [0.15, 0.2) is 0 Å². The molecule has 2 nitrogen and oxygen atoms in total. The van der Waals surface area contributed by atoms with Gasteiger partial charge < -0.3 is 10.6 Å². The van der Waals surface area contributed by atoms with Gasteiger partial charge in [-0.25, -0.2) is 0 Å². The first kappa shape index (κ1) is 10.8. The topological polar surface area (TPSA) is 29.3 Å². The number of aryl methyl sites for hydroxylation is 2. The van der Waals surface area contributed by atoms with Crippen LogP contribution in [0.15, 0.2) is 24.3 Å². The highest BCUT2D eigenvalue weighted by atomic mass is 15.1. The fraction of sp³-hybridized carbons (Fsp3) is 0.286. The lowest BCUT2D eigenvalue weighted by Crippen LogP contribution is -2.09. The van der Waals surface area contributed by atoms with Crippen molar-refractivity contribution in [3.8, 4) is 0 Å². The molecule has 0 bridgehead atoms. The van der Waals surface area contributed by atoms with Gasteiger partial charge in [-0.1, -0.05) is 0 Å². The molecule has 0 atom stereocenters. The second-order valence-corrected chi connectivity index (χ2v) is 4.55. The predicted octanol–water partition coefficient (Wildman–Crippen LogP) is 3.10. The Labute approximate surface area is 96.7 Å². The van der Waals surface area contributed by atoms with Crippen LogP contribution >= 0.6 is 0 Å². The maximum absolute atomic E-state index is 6.03. The average molecular weight is 214 g/mol. The molecule has 0 amide bonds. The lowest BCUT2D eigenvalue weighted by Gasteiger charge is -2.17. The van der Waals surface area contributed by atoms with Crippen LogP contribution in [0.3, 0.4) is 0 Å². The summed E-state index contributed by atoms with van der Waals surface area (Å²) >= 11 is 0. The third-order valence-corrected chi connectivity index (χ3v) is 3.12. The van der Waals surface area contributed by atoms with Crippen molar-refractivity contribution in [1.82, 2.24) is 0 Å². The van der Waals surface area contributed by atoms with Crippen molar-refractivity contribution in [2.75, 3.05) is 24.7 Å². The molecule has 0 aliphatic carbocycles. The Kier molecular flexibility index (Phi) is 2.50. The number of fused-ring (bicyclic) bond motifs is 1. The first-order valence-corrected chi connectivity index (χ1v) is 5.47. The molecule has 2 N–H and O–H groups in total. The van der Waals surface area contributed by atoms with Crippen molar-refractivity contribution in [3.05, 3.63) is 35.4 Å². The van der Waals surface area contributed by atoms with Crippen molar-refractivity contribution in [2.45, 2.75) is 13.8 Å². The van der Waals surface area contributed by atoms with Gasteiger partial charge >= 0.3 is 0 Å². The van der Waals surface area contributed by atoms with E-state index in [2.05, 4.69) is 51.0 Å². The normalized spacial score (nSPS) is 10.8. The van der Waals surface area contributed by atoms with E-state index in [1.54, 1.807) is 0 Å². The minimum Gasteiger partial charge on any atom is -0.398 e. The number of rotatable bonds is 1. The van der Waals surface area contributed by atoms with Gasteiger partial charge in [0.25, 0.3) is 0 Å². The van der Waals surface area contributed by atoms with E-state index in [0.717, 1.165) is 11.1 Å². The molecule has 0 aromatic heterocycles. The summed E-state index contributed by atoms with van der Waals surface area (Å²) < 4.78 is 0. The van der Waals surface area contributed by atoms with Gasteiger partial charge in [0.1, 0.15) is 0 Å². The van der Waals surface area contributed by atoms with Gasteiger partial charge in [-0.3, -0.25) is 0 Å². The molecule has 0 aliphatic rings. The molecule has 16 heavy (non-hydrogen) atoms. The van der Waals surface area contributed by atoms with Crippen LogP contribution in [0.1, 0.15) is 11.1 Å². The van der Waals surface area contributed by atoms with E-state index < -0.39 is 0 Å². The molecule has 2 aromatic rings. The van der Waals surface area contributed by atoms with Crippen molar-refractivity contribution >= 4 is 22.1 Å². The monoisotopic (exact) mass is 214 g/mol. The molecule has 0 unspecified atom stereocenters. The molecular formula is C14H18N2. The Bertz CT molecular complexity index is 542. The highest BCUT2D eigenvalue weighted by Gasteiger charge is 2.07. The summed E-state index contributed by atoms with van der Waals surface area (Å²) in [6.45, 7) is 4.26. The Balaban J connectivity index is 2.87. The largest absolute Gasteiger partial charge is 0.398 e. The lowest BCUT2D eigenvalue weighted by molar-refractivity contribution is 1.14. The number of nitrogens with zero attached hydrogens (tertiary/aromatic N) is 1. The summed E-state index contributed by atoms with van der Waals surface area (Å²) in [5, 5.41) is 2.38.